The fourth-order valence-electron chi connectivity index (χ4n) is 3.13. The molecule has 0 aliphatic carbocycles. The molecule has 156 valence electrons. The molecule has 3 rings (SSSR count). The number of imidazole rings is 1. The number of aliphatic hydroxyl groups is 2. The Balaban J connectivity index is 1.73. The highest BCUT2D eigenvalue weighted by Gasteiger charge is 2.47. The van der Waals surface area contributed by atoms with Crippen LogP contribution >= 0.6 is 0 Å². The maximum Gasteiger partial charge on any atom is 0.168 e. The van der Waals surface area contributed by atoms with Crippen LogP contribution in [0.15, 0.2) is 12.7 Å². The standard InChI is InChI=1S/C17H22N6O5S/c1-2-4-29(5-3-9(18)17(26)27)6-10-12(24)13(25)16(28-10)23-8-22-11-14(19)20-7-21-15(11)23/h1,7-10,12-13,16,24-25H,3-6,18H2,(H2-,19,20,21,26,27)/t9-,10+,12+,13+,16+,29?/m0/s1. The molecule has 0 spiro atoms. The van der Waals surface area contributed by atoms with E-state index in [1.165, 1.54) is 17.2 Å². The first-order valence-electron chi connectivity index (χ1n) is 8.82. The number of fused-ring (bicyclic) bond motifs is 1. The molecule has 12 heteroatoms. The summed E-state index contributed by atoms with van der Waals surface area (Å²) >= 11 is 0. The summed E-state index contributed by atoms with van der Waals surface area (Å²) in [6, 6.07) is -1.09. The lowest BCUT2D eigenvalue weighted by Gasteiger charge is -2.17. The van der Waals surface area contributed by atoms with Gasteiger partial charge in [-0.2, -0.15) is 0 Å². The van der Waals surface area contributed by atoms with E-state index in [0.29, 0.717) is 28.4 Å². The fourth-order valence-corrected chi connectivity index (χ4v) is 5.12. The second-order valence-corrected chi connectivity index (χ2v) is 8.93. The van der Waals surface area contributed by atoms with Crippen molar-refractivity contribution in [2.24, 2.45) is 5.73 Å². The number of nitrogen functional groups attached to an aromatic ring is 1. The number of aliphatic hydroxyl groups excluding tert-OH is 2. The number of nitrogens with two attached hydrogens (primary N) is 2. The number of hydrogen-bond acceptors (Lipinski definition) is 10. The summed E-state index contributed by atoms with van der Waals surface area (Å²) in [5.41, 5.74) is 12.0. The van der Waals surface area contributed by atoms with Crippen LogP contribution in [0.2, 0.25) is 0 Å². The number of nitrogens with zero attached hydrogens (tertiary/aromatic N) is 4. The molecule has 1 fully saturated rings. The summed E-state index contributed by atoms with van der Waals surface area (Å²) < 4.78 is 7.40. The van der Waals surface area contributed by atoms with Crippen LogP contribution in [-0.2, 0) is 20.4 Å². The Bertz CT molecular complexity index is 917. The van der Waals surface area contributed by atoms with Gasteiger partial charge in [-0.25, -0.2) is 15.0 Å². The Hall–Kier alpha value is -2.43. The summed E-state index contributed by atoms with van der Waals surface area (Å²) in [6.45, 7) is 0. The van der Waals surface area contributed by atoms with E-state index in [1.807, 2.05) is 0 Å². The van der Waals surface area contributed by atoms with Crippen molar-refractivity contribution in [1.29, 1.82) is 0 Å². The maximum atomic E-state index is 10.8. The van der Waals surface area contributed by atoms with Crippen molar-refractivity contribution < 1.29 is 24.9 Å². The quantitative estimate of drug-likeness (QED) is 0.249. The van der Waals surface area contributed by atoms with Crippen LogP contribution in [0.3, 0.4) is 0 Å². The van der Waals surface area contributed by atoms with E-state index in [-0.39, 0.29) is 12.2 Å². The molecule has 2 aromatic heterocycles. The number of aromatic nitrogens is 4. The zero-order valence-electron chi connectivity index (χ0n) is 15.4. The Kier molecular flexibility index (Phi) is 6.56. The van der Waals surface area contributed by atoms with Gasteiger partial charge in [0, 0.05) is 23.4 Å². The number of ether oxygens (including phenoxy) is 1. The highest BCUT2D eigenvalue weighted by atomic mass is 32.2. The first-order chi connectivity index (χ1) is 13.8. The molecule has 29 heavy (non-hydrogen) atoms. The third-order valence-corrected chi connectivity index (χ3v) is 6.89. The van der Waals surface area contributed by atoms with Gasteiger partial charge in [0.05, 0.1) is 12.3 Å². The molecule has 6 atom stereocenters. The van der Waals surface area contributed by atoms with Crippen molar-refractivity contribution in [3.8, 4) is 12.3 Å². The van der Waals surface area contributed by atoms with E-state index in [4.69, 9.17) is 22.6 Å². The molecule has 0 bridgehead atoms. The molecule has 1 saturated heterocycles. The Morgan fingerprint density at radius 1 is 1.41 bits per heavy atom. The normalized spacial score (nSPS) is 26.3. The smallest absolute Gasteiger partial charge is 0.168 e. The number of anilines is 1. The third-order valence-electron chi connectivity index (χ3n) is 4.71. The lowest BCUT2D eigenvalue weighted by atomic mass is 10.1. The van der Waals surface area contributed by atoms with E-state index in [9.17, 15) is 20.1 Å². The summed E-state index contributed by atoms with van der Waals surface area (Å²) in [7, 11) is -0.453. The summed E-state index contributed by atoms with van der Waals surface area (Å²) in [5.74, 6) is 2.60. The molecule has 2 aromatic rings. The Morgan fingerprint density at radius 3 is 2.86 bits per heavy atom. The molecular formula is C17H22N6O5S. The molecule has 1 aliphatic rings. The molecule has 11 nitrogen and oxygen atoms in total. The van der Waals surface area contributed by atoms with E-state index in [0.717, 1.165) is 0 Å². The van der Waals surface area contributed by atoms with Crippen LogP contribution in [0.1, 0.15) is 12.6 Å². The van der Waals surface area contributed by atoms with Crippen molar-refractivity contribution in [3.63, 3.8) is 0 Å². The summed E-state index contributed by atoms with van der Waals surface area (Å²) in [6.07, 6.45) is 4.29. The largest absolute Gasteiger partial charge is 0.548 e. The second kappa shape index (κ2) is 8.93. The van der Waals surface area contributed by atoms with Crippen LogP contribution < -0.4 is 16.6 Å². The first-order valence-corrected chi connectivity index (χ1v) is 10.5. The van der Waals surface area contributed by atoms with Gasteiger partial charge in [-0.3, -0.25) is 4.57 Å². The lowest BCUT2D eigenvalue weighted by Crippen LogP contribution is -2.43. The van der Waals surface area contributed by atoms with Crippen LogP contribution in [0.4, 0.5) is 5.82 Å². The summed E-state index contributed by atoms with van der Waals surface area (Å²) in [5, 5.41) is 31.8. The first kappa shape index (κ1) is 21.3. The highest BCUT2D eigenvalue weighted by molar-refractivity contribution is 7.97. The van der Waals surface area contributed by atoms with Crippen molar-refractivity contribution in [3.05, 3.63) is 12.7 Å². The van der Waals surface area contributed by atoms with E-state index in [2.05, 4.69) is 20.9 Å². The van der Waals surface area contributed by atoms with Gasteiger partial charge in [0.25, 0.3) is 0 Å². The number of terminal acetylenes is 1. The average Bonchev–Trinajstić information content (AvgIpc) is 3.23. The molecule has 6 N–H and O–H groups in total. The van der Waals surface area contributed by atoms with Gasteiger partial charge < -0.3 is 36.3 Å². The third kappa shape index (κ3) is 4.44. The van der Waals surface area contributed by atoms with Crippen LogP contribution in [0.5, 0.6) is 0 Å². The minimum atomic E-state index is -1.32. The van der Waals surface area contributed by atoms with Gasteiger partial charge >= 0.3 is 0 Å². The number of aliphatic carboxylic acids is 1. The van der Waals surface area contributed by atoms with Crippen LogP contribution in [-0.4, -0.2) is 77.3 Å². The van der Waals surface area contributed by atoms with Crippen molar-refractivity contribution >= 4 is 33.8 Å². The van der Waals surface area contributed by atoms with Gasteiger partial charge in [0.1, 0.15) is 41.7 Å². The number of carboxylic acid groups (broad SMARTS) is 1. The van der Waals surface area contributed by atoms with Gasteiger partial charge in [-0.05, 0) is 0 Å². The maximum absolute atomic E-state index is 10.8. The lowest BCUT2D eigenvalue weighted by molar-refractivity contribution is -0.307. The van der Waals surface area contributed by atoms with Crippen molar-refractivity contribution in [2.45, 2.75) is 37.0 Å². The molecule has 3 heterocycles. The van der Waals surface area contributed by atoms with Crippen molar-refractivity contribution in [1.82, 2.24) is 19.5 Å². The monoisotopic (exact) mass is 422 g/mol. The number of carbonyl (C=O) groups is 1. The highest BCUT2D eigenvalue weighted by Crippen LogP contribution is 2.32. The van der Waals surface area contributed by atoms with Crippen molar-refractivity contribution in [2.75, 3.05) is 23.0 Å². The van der Waals surface area contributed by atoms with E-state index >= 15 is 0 Å². The average molecular weight is 422 g/mol. The minimum Gasteiger partial charge on any atom is -0.548 e. The Labute approximate surface area is 169 Å². The van der Waals surface area contributed by atoms with E-state index in [1.54, 1.807) is 0 Å². The number of carbonyl (C=O) groups excluding carboxylic acids is 1. The topological polar surface area (TPSA) is 185 Å². The number of hydrogen-bond donors (Lipinski definition) is 4. The van der Waals surface area contributed by atoms with Gasteiger partial charge in [-0.15, -0.1) is 6.42 Å². The Morgan fingerprint density at radius 2 is 2.17 bits per heavy atom. The molecule has 0 radical (unpaired) electrons. The molecule has 1 unspecified atom stereocenters. The fraction of sp³-hybridized carbons (Fsp3) is 0.529. The van der Waals surface area contributed by atoms with Gasteiger partial charge in [0.15, 0.2) is 23.4 Å². The van der Waals surface area contributed by atoms with Gasteiger partial charge in [0.2, 0.25) is 0 Å². The van der Waals surface area contributed by atoms with Crippen LogP contribution in [0.25, 0.3) is 11.2 Å². The zero-order valence-corrected chi connectivity index (χ0v) is 16.2. The zero-order chi connectivity index (χ0) is 21.1. The molecule has 0 amide bonds. The van der Waals surface area contributed by atoms with Crippen LogP contribution in [0, 0.1) is 12.3 Å². The molecular weight excluding hydrogens is 400 g/mol. The molecule has 0 aromatic carbocycles. The SMILES string of the molecule is C#CC[S+](CC[C@H](N)C(=O)[O-])C[C@H]1O[C@@H](n2cnc3c(N)ncnc32)[C@H](O)[C@@H]1O. The number of carboxylic acids is 1. The van der Waals surface area contributed by atoms with Gasteiger partial charge in [-0.1, -0.05) is 5.92 Å². The minimum absolute atomic E-state index is 0.193. The number of rotatable bonds is 8. The molecule has 0 saturated carbocycles. The predicted octanol–water partition coefficient (Wildman–Crippen LogP) is -3.25. The molecule has 1 aliphatic heterocycles. The predicted molar refractivity (Wildman–Crippen MR) is 104 cm³/mol. The van der Waals surface area contributed by atoms with E-state index < -0.39 is 47.4 Å². The summed E-state index contributed by atoms with van der Waals surface area (Å²) in [4.78, 5) is 22.9. The second-order valence-electron chi connectivity index (χ2n) is 6.68.